The van der Waals surface area contributed by atoms with Gasteiger partial charge in [0.05, 0.1) is 10.5 Å². The Labute approximate surface area is 174 Å². The van der Waals surface area contributed by atoms with E-state index in [4.69, 9.17) is 28.9 Å². The van der Waals surface area contributed by atoms with Gasteiger partial charge in [0.1, 0.15) is 10.4 Å². The van der Waals surface area contributed by atoms with Gasteiger partial charge in [0.25, 0.3) is 5.56 Å². The Morgan fingerprint density at radius 2 is 1.93 bits per heavy atom. The molecule has 0 aliphatic heterocycles. The number of rotatable bonds is 3. The lowest BCUT2D eigenvalue weighted by Crippen LogP contribution is -2.05. The Bertz CT molecular complexity index is 1220. The van der Waals surface area contributed by atoms with Gasteiger partial charge in [0.2, 0.25) is 0 Å². The smallest absolute Gasteiger partial charge is 0.266 e. The number of phenolic OH excluding ortho intramolecular Hbond substituents is 1. The second kappa shape index (κ2) is 7.70. The average molecular weight is 442 g/mol. The van der Waals surface area contributed by atoms with Crippen LogP contribution in [-0.2, 0) is 6.42 Å². The first-order valence-electron chi connectivity index (χ1n) is 7.94. The molecule has 2 heterocycles. The Balaban J connectivity index is 0.00000210. The molecule has 0 aliphatic carbocycles. The molecule has 0 spiro atoms. The molecular weight excluding hydrogens is 427 g/mol. The SMILES string of the molecule is Cl.NCCc1ccc(-c2c(O)cc(Cl)c3[nH]c(=O)c4sccc4c23)cc1Cl. The maximum Gasteiger partial charge on any atom is 0.266 e. The monoisotopic (exact) mass is 440 g/mol. The number of hydrogen-bond acceptors (Lipinski definition) is 4. The van der Waals surface area contributed by atoms with Crippen molar-refractivity contribution >= 4 is 67.9 Å². The summed E-state index contributed by atoms with van der Waals surface area (Å²) in [6, 6.07) is 8.90. The van der Waals surface area contributed by atoms with Crippen LogP contribution in [0.25, 0.3) is 32.1 Å². The van der Waals surface area contributed by atoms with Gasteiger partial charge in [-0.1, -0.05) is 35.3 Å². The van der Waals surface area contributed by atoms with Gasteiger partial charge in [0, 0.05) is 27.4 Å². The predicted octanol–water partition coefficient (Wildman–Crippen LogP) is 5.35. The van der Waals surface area contributed by atoms with Crippen LogP contribution in [0.2, 0.25) is 10.0 Å². The number of halogens is 3. The van der Waals surface area contributed by atoms with Crippen molar-refractivity contribution in [2.45, 2.75) is 6.42 Å². The maximum absolute atomic E-state index is 12.3. The van der Waals surface area contributed by atoms with Crippen molar-refractivity contribution in [3.8, 4) is 16.9 Å². The van der Waals surface area contributed by atoms with Crippen molar-refractivity contribution in [3.05, 3.63) is 61.7 Å². The Kier molecular flexibility index (Phi) is 5.70. The van der Waals surface area contributed by atoms with Crippen molar-refractivity contribution in [1.29, 1.82) is 0 Å². The summed E-state index contributed by atoms with van der Waals surface area (Å²) in [6.07, 6.45) is 0.675. The maximum atomic E-state index is 12.3. The number of fused-ring (bicyclic) bond motifs is 3. The van der Waals surface area contributed by atoms with E-state index in [1.165, 1.54) is 17.4 Å². The van der Waals surface area contributed by atoms with Crippen molar-refractivity contribution in [2.24, 2.45) is 5.73 Å². The van der Waals surface area contributed by atoms with Gasteiger partial charge in [-0.05, 0) is 41.6 Å². The zero-order chi connectivity index (χ0) is 18.4. The second-order valence-corrected chi connectivity index (χ2v) is 7.70. The first-order valence-corrected chi connectivity index (χ1v) is 9.58. The number of aromatic hydroxyl groups is 1. The fourth-order valence-corrected chi connectivity index (χ4v) is 4.55. The summed E-state index contributed by atoms with van der Waals surface area (Å²) in [6.45, 7) is 0.505. The van der Waals surface area contributed by atoms with Gasteiger partial charge >= 0.3 is 0 Å². The first kappa shape index (κ1) is 20.0. The number of nitrogens with two attached hydrogens (primary N) is 1. The third-order valence-electron chi connectivity index (χ3n) is 4.39. The highest BCUT2D eigenvalue weighted by Crippen LogP contribution is 2.43. The highest BCUT2D eigenvalue weighted by atomic mass is 35.5. The van der Waals surface area contributed by atoms with Gasteiger partial charge < -0.3 is 15.8 Å². The van der Waals surface area contributed by atoms with E-state index >= 15 is 0 Å². The standard InChI is InChI=1S/C19H14Cl2N2O2S.ClH/c20-12-7-10(2-1-9(12)3-5-22)15-14(24)8-13(21)17-16(15)11-4-6-26-18(11)19(25)23-17;/h1-2,4,6-8,24H,3,5,22H2,(H,23,25);1H. The first-order chi connectivity index (χ1) is 12.5. The summed E-state index contributed by atoms with van der Waals surface area (Å²) in [4.78, 5) is 15.1. The molecule has 0 atom stereocenters. The van der Waals surface area contributed by atoms with Crippen LogP contribution in [0.15, 0.2) is 40.5 Å². The molecule has 0 saturated carbocycles. The highest BCUT2D eigenvalue weighted by Gasteiger charge is 2.18. The Morgan fingerprint density at radius 3 is 2.63 bits per heavy atom. The van der Waals surface area contributed by atoms with Crippen LogP contribution in [0.5, 0.6) is 5.75 Å². The van der Waals surface area contributed by atoms with Crippen LogP contribution in [0, 0.1) is 0 Å². The van der Waals surface area contributed by atoms with Gasteiger partial charge in [-0.25, -0.2) is 0 Å². The lowest BCUT2D eigenvalue weighted by atomic mass is 9.96. The van der Waals surface area contributed by atoms with Crippen molar-refractivity contribution in [2.75, 3.05) is 6.54 Å². The molecule has 4 aromatic rings. The van der Waals surface area contributed by atoms with Gasteiger partial charge in [-0.15, -0.1) is 23.7 Å². The number of benzene rings is 2. The van der Waals surface area contributed by atoms with Crippen LogP contribution in [0.4, 0.5) is 0 Å². The number of nitrogens with one attached hydrogen (secondary N) is 1. The van der Waals surface area contributed by atoms with Crippen LogP contribution >= 0.6 is 46.9 Å². The van der Waals surface area contributed by atoms with E-state index in [-0.39, 0.29) is 28.7 Å². The number of pyridine rings is 1. The number of aromatic amines is 1. The summed E-state index contributed by atoms with van der Waals surface area (Å²) in [7, 11) is 0. The fourth-order valence-electron chi connectivity index (χ4n) is 3.23. The molecule has 2 aromatic heterocycles. The van der Waals surface area contributed by atoms with Crippen LogP contribution in [0.1, 0.15) is 5.56 Å². The van der Waals surface area contributed by atoms with Crippen molar-refractivity contribution < 1.29 is 5.11 Å². The number of phenols is 1. The minimum absolute atomic E-state index is 0. The number of hydrogen-bond donors (Lipinski definition) is 3. The van der Waals surface area contributed by atoms with Gasteiger partial charge in [0.15, 0.2) is 0 Å². The molecule has 4 nitrogen and oxygen atoms in total. The van der Waals surface area contributed by atoms with E-state index in [1.807, 2.05) is 23.6 Å². The summed E-state index contributed by atoms with van der Waals surface area (Å²) >= 11 is 14.0. The zero-order valence-electron chi connectivity index (χ0n) is 13.9. The normalized spacial score (nSPS) is 11.1. The molecule has 0 saturated heterocycles. The lowest BCUT2D eigenvalue weighted by Gasteiger charge is -2.13. The van der Waals surface area contributed by atoms with Crippen molar-refractivity contribution in [1.82, 2.24) is 4.98 Å². The van der Waals surface area contributed by atoms with E-state index in [1.54, 1.807) is 6.07 Å². The lowest BCUT2D eigenvalue weighted by molar-refractivity contribution is 0.478. The number of aromatic nitrogens is 1. The molecule has 0 radical (unpaired) electrons. The Morgan fingerprint density at radius 1 is 1.15 bits per heavy atom. The molecular formula is C19H15Cl3N2O2S. The predicted molar refractivity (Wildman–Crippen MR) is 117 cm³/mol. The molecule has 0 fully saturated rings. The molecule has 140 valence electrons. The van der Waals surface area contributed by atoms with E-state index < -0.39 is 0 Å². The zero-order valence-corrected chi connectivity index (χ0v) is 17.0. The third-order valence-corrected chi connectivity index (χ3v) is 5.96. The molecule has 0 unspecified atom stereocenters. The fraction of sp³-hybridized carbons (Fsp3) is 0.105. The molecule has 0 aliphatic rings. The van der Waals surface area contributed by atoms with Crippen molar-refractivity contribution in [3.63, 3.8) is 0 Å². The van der Waals surface area contributed by atoms with E-state index in [0.29, 0.717) is 39.2 Å². The summed E-state index contributed by atoms with van der Waals surface area (Å²) in [5.74, 6) is 0.0321. The minimum atomic E-state index is -0.197. The summed E-state index contributed by atoms with van der Waals surface area (Å²) in [5, 5.41) is 14.8. The number of H-pyrrole nitrogens is 1. The van der Waals surface area contributed by atoms with E-state index in [0.717, 1.165) is 16.5 Å². The van der Waals surface area contributed by atoms with Gasteiger partial charge in [-0.2, -0.15) is 0 Å². The molecule has 8 heteroatoms. The average Bonchev–Trinajstić information content (AvgIpc) is 3.09. The van der Waals surface area contributed by atoms with E-state index in [9.17, 15) is 9.90 Å². The molecule has 2 aromatic carbocycles. The topological polar surface area (TPSA) is 79.1 Å². The van der Waals surface area contributed by atoms with Crippen LogP contribution < -0.4 is 11.3 Å². The van der Waals surface area contributed by atoms with Crippen LogP contribution in [0.3, 0.4) is 0 Å². The minimum Gasteiger partial charge on any atom is -0.507 e. The Hall–Kier alpha value is -1.76. The van der Waals surface area contributed by atoms with Crippen LogP contribution in [-0.4, -0.2) is 16.6 Å². The largest absolute Gasteiger partial charge is 0.507 e. The molecule has 27 heavy (non-hydrogen) atoms. The highest BCUT2D eigenvalue weighted by molar-refractivity contribution is 7.17. The third kappa shape index (κ3) is 3.30. The molecule has 4 N–H and O–H groups in total. The van der Waals surface area contributed by atoms with E-state index in [2.05, 4.69) is 4.98 Å². The summed E-state index contributed by atoms with van der Waals surface area (Å²) in [5.41, 5.74) is 8.20. The quantitative estimate of drug-likeness (QED) is 0.401. The molecule has 0 bridgehead atoms. The molecule has 4 rings (SSSR count). The summed E-state index contributed by atoms with van der Waals surface area (Å²) < 4.78 is 0.589. The van der Waals surface area contributed by atoms with Gasteiger partial charge in [-0.3, -0.25) is 4.79 Å². The number of thiophene rings is 1. The second-order valence-electron chi connectivity index (χ2n) is 5.96. The molecule has 0 amide bonds.